The predicted octanol–water partition coefficient (Wildman–Crippen LogP) is 2.24. The van der Waals surface area contributed by atoms with E-state index in [9.17, 15) is 18.0 Å². The second kappa shape index (κ2) is 10.0. The Morgan fingerprint density at radius 2 is 1.79 bits per heavy atom. The Morgan fingerprint density at radius 1 is 1.10 bits per heavy atom. The quantitative estimate of drug-likeness (QED) is 0.602. The summed E-state index contributed by atoms with van der Waals surface area (Å²) in [5, 5.41) is 2.62. The Kier molecular flexibility index (Phi) is 7.74. The molecule has 0 aromatic heterocycles. The van der Waals surface area contributed by atoms with Crippen molar-refractivity contribution in [2.45, 2.75) is 31.3 Å². The Hall–Kier alpha value is -2.91. The van der Waals surface area contributed by atoms with Gasteiger partial charge in [0.1, 0.15) is 5.75 Å². The number of benzene rings is 2. The fourth-order valence-electron chi connectivity index (χ4n) is 2.34. The molecule has 0 saturated carbocycles. The number of aryl methyl sites for hydroxylation is 1. The minimum absolute atomic E-state index is 0.113. The molecule has 0 aliphatic carbocycles. The van der Waals surface area contributed by atoms with Crippen LogP contribution in [0.1, 0.15) is 18.9 Å². The summed E-state index contributed by atoms with van der Waals surface area (Å²) in [5.41, 5.74) is 1.44. The molecule has 2 aromatic rings. The Labute approximate surface area is 170 Å². The molecule has 2 aromatic carbocycles. The number of ether oxygens (including phenoxy) is 2. The number of rotatable bonds is 9. The highest BCUT2D eigenvalue weighted by atomic mass is 32.2. The Bertz CT molecular complexity index is 957. The predicted molar refractivity (Wildman–Crippen MR) is 108 cm³/mol. The summed E-state index contributed by atoms with van der Waals surface area (Å²) in [5.74, 6) is -0.620. The number of sulfonamides is 1. The maximum Gasteiger partial charge on any atom is 0.307 e. The molecule has 0 radical (unpaired) electrons. The summed E-state index contributed by atoms with van der Waals surface area (Å²) in [6, 6.07) is 13.1. The van der Waals surface area contributed by atoms with Gasteiger partial charge >= 0.3 is 5.97 Å². The molecule has 0 heterocycles. The van der Waals surface area contributed by atoms with Crippen LogP contribution in [0.25, 0.3) is 0 Å². The number of hydrogen-bond donors (Lipinski definition) is 2. The molecule has 2 rings (SSSR count). The van der Waals surface area contributed by atoms with Crippen molar-refractivity contribution in [3.8, 4) is 5.75 Å². The summed E-state index contributed by atoms with van der Waals surface area (Å²) in [6.07, 6.45) is -1.25. The number of esters is 1. The Balaban J connectivity index is 1.80. The molecular weight excluding hydrogens is 396 g/mol. The smallest absolute Gasteiger partial charge is 0.307 e. The van der Waals surface area contributed by atoms with Crippen molar-refractivity contribution in [2.24, 2.45) is 0 Å². The standard InChI is InChI=1S/C20H24N2O6S/c1-14-7-9-18(10-8-14)29(25,26)21-12-11-19(23)28-15(2)20(24)22-16-5-4-6-17(13-16)27-3/h4-10,13,15,21H,11-12H2,1-3H3,(H,22,24). The third-order valence-electron chi connectivity index (χ3n) is 3.97. The zero-order valence-corrected chi connectivity index (χ0v) is 17.3. The molecule has 0 spiro atoms. The highest BCUT2D eigenvalue weighted by molar-refractivity contribution is 7.89. The second-order valence-electron chi connectivity index (χ2n) is 6.31. The highest BCUT2D eigenvalue weighted by Gasteiger charge is 2.19. The van der Waals surface area contributed by atoms with Crippen LogP contribution >= 0.6 is 0 Å². The molecule has 1 atom stereocenters. The average molecular weight is 420 g/mol. The van der Waals surface area contributed by atoms with Gasteiger partial charge in [0, 0.05) is 18.3 Å². The van der Waals surface area contributed by atoms with Crippen molar-refractivity contribution >= 4 is 27.6 Å². The molecule has 29 heavy (non-hydrogen) atoms. The van der Waals surface area contributed by atoms with Gasteiger partial charge in [0.2, 0.25) is 10.0 Å². The van der Waals surface area contributed by atoms with Crippen LogP contribution in [0.5, 0.6) is 5.75 Å². The van der Waals surface area contributed by atoms with E-state index in [1.807, 2.05) is 6.92 Å². The molecule has 2 N–H and O–H groups in total. The van der Waals surface area contributed by atoms with E-state index in [1.165, 1.54) is 26.2 Å². The number of anilines is 1. The van der Waals surface area contributed by atoms with Crippen LogP contribution in [-0.2, 0) is 24.3 Å². The number of amides is 1. The molecule has 8 nitrogen and oxygen atoms in total. The summed E-state index contributed by atoms with van der Waals surface area (Å²) in [6.45, 7) is 3.15. The molecule has 1 amide bonds. The van der Waals surface area contributed by atoms with Crippen LogP contribution in [0.2, 0.25) is 0 Å². The van der Waals surface area contributed by atoms with Gasteiger partial charge in [0.25, 0.3) is 5.91 Å². The lowest BCUT2D eigenvalue weighted by atomic mass is 10.2. The maximum absolute atomic E-state index is 12.2. The lowest BCUT2D eigenvalue weighted by Crippen LogP contribution is -2.32. The number of methoxy groups -OCH3 is 1. The third-order valence-corrected chi connectivity index (χ3v) is 5.44. The highest BCUT2D eigenvalue weighted by Crippen LogP contribution is 2.17. The van der Waals surface area contributed by atoms with E-state index in [1.54, 1.807) is 36.4 Å². The van der Waals surface area contributed by atoms with Gasteiger partial charge in [0.15, 0.2) is 6.10 Å². The second-order valence-corrected chi connectivity index (χ2v) is 8.08. The topological polar surface area (TPSA) is 111 Å². The zero-order valence-electron chi connectivity index (χ0n) is 16.5. The van der Waals surface area contributed by atoms with E-state index in [2.05, 4.69) is 10.0 Å². The van der Waals surface area contributed by atoms with E-state index in [0.29, 0.717) is 11.4 Å². The average Bonchev–Trinajstić information content (AvgIpc) is 2.68. The summed E-state index contributed by atoms with van der Waals surface area (Å²) in [7, 11) is -2.20. The minimum Gasteiger partial charge on any atom is -0.497 e. The third kappa shape index (κ3) is 6.88. The fraction of sp³-hybridized carbons (Fsp3) is 0.300. The first-order valence-electron chi connectivity index (χ1n) is 8.92. The van der Waals surface area contributed by atoms with Gasteiger partial charge in [-0.05, 0) is 38.1 Å². The largest absolute Gasteiger partial charge is 0.497 e. The zero-order chi connectivity index (χ0) is 21.4. The SMILES string of the molecule is COc1cccc(NC(=O)C(C)OC(=O)CCNS(=O)(=O)c2ccc(C)cc2)c1. The van der Waals surface area contributed by atoms with Gasteiger partial charge in [-0.1, -0.05) is 23.8 Å². The first-order valence-corrected chi connectivity index (χ1v) is 10.4. The number of carbonyl (C=O) groups excluding carboxylic acids is 2. The Morgan fingerprint density at radius 3 is 2.45 bits per heavy atom. The van der Waals surface area contributed by atoms with Gasteiger partial charge < -0.3 is 14.8 Å². The van der Waals surface area contributed by atoms with E-state index >= 15 is 0 Å². The summed E-state index contributed by atoms with van der Waals surface area (Å²) >= 11 is 0. The lowest BCUT2D eigenvalue weighted by molar-refractivity contribution is -0.152. The molecule has 156 valence electrons. The molecule has 1 unspecified atom stereocenters. The number of nitrogens with one attached hydrogen (secondary N) is 2. The molecule has 0 bridgehead atoms. The van der Waals surface area contributed by atoms with Gasteiger partial charge in [-0.2, -0.15) is 0 Å². The molecular formula is C20H24N2O6S. The van der Waals surface area contributed by atoms with Crippen molar-refractivity contribution in [2.75, 3.05) is 19.0 Å². The first kappa shape index (κ1) is 22.4. The molecule has 9 heteroatoms. The van der Waals surface area contributed by atoms with E-state index in [0.717, 1.165) is 5.56 Å². The van der Waals surface area contributed by atoms with Crippen molar-refractivity contribution < 1.29 is 27.5 Å². The summed E-state index contributed by atoms with van der Waals surface area (Å²) in [4.78, 5) is 24.2. The van der Waals surface area contributed by atoms with Gasteiger partial charge in [-0.25, -0.2) is 13.1 Å². The number of carbonyl (C=O) groups is 2. The fourth-order valence-corrected chi connectivity index (χ4v) is 3.37. The molecule has 0 aliphatic heterocycles. The summed E-state index contributed by atoms with van der Waals surface area (Å²) < 4.78 is 36.8. The normalized spacial score (nSPS) is 12.1. The van der Waals surface area contributed by atoms with E-state index in [4.69, 9.17) is 9.47 Å². The van der Waals surface area contributed by atoms with Crippen LogP contribution in [0.15, 0.2) is 53.4 Å². The monoisotopic (exact) mass is 420 g/mol. The van der Waals surface area contributed by atoms with Gasteiger partial charge in [-0.3, -0.25) is 9.59 Å². The van der Waals surface area contributed by atoms with Crippen molar-refractivity contribution in [3.63, 3.8) is 0 Å². The molecule has 0 saturated heterocycles. The van der Waals surface area contributed by atoms with Gasteiger partial charge in [0.05, 0.1) is 18.4 Å². The van der Waals surface area contributed by atoms with Crippen molar-refractivity contribution in [1.29, 1.82) is 0 Å². The van der Waals surface area contributed by atoms with Crippen LogP contribution in [0.3, 0.4) is 0 Å². The number of hydrogen-bond acceptors (Lipinski definition) is 6. The van der Waals surface area contributed by atoms with Crippen LogP contribution in [0, 0.1) is 6.92 Å². The van der Waals surface area contributed by atoms with Crippen molar-refractivity contribution in [1.82, 2.24) is 4.72 Å². The van der Waals surface area contributed by atoms with Crippen molar-refractivity contribution in [3.05, 3.63) is 54.1 Å². The molecule has 0 fully saturated rings. The van der Waals surface area contributed by atoms with E-state index in [-0.39, 0.29) is 17.9 Å². The van der Waals surface area contributed by atoms with E-state index < -0.39 is 28.0 Å². The molecule has 0 aliphatic rings. The van der Waals surface area contributed by atoms with Crippen LogP contribution < -0.4 is 14.8 Å². The maximum atomic E-state index is 12.2. The van der Waals surface area contributed by atoms with Crippen LogP contribution in [-0.4, -0.2) is 40.1 Å². The minimum atomic E-state index is -3.71. The van der Waals surface area contributed by atoms with Gasteiger partial charge in [-0.15, -0.1) is 0 Å². The lowest BCUT2D eigenvalue weighted by Gasteiger charge is -2.14. The van der Waals surface area contributed by atoms with Crippen LogP contribution in [0.4, 0.5) is 5.69 Å². The first-order chi connectivity index (χ1) is 13.7.